The second-order valence-corrected chi connectivity index (χ2v) is 6.64. The Bertz CT molecular complexity index is 393. The summed E-state index contributed by atoms with van der Waals surface area (Å²) in [5.41, 5.74) is 0. The summed E-state index contributed by atoms with van der Waals surface area (Å²) in [4.78, 5) is 12.1. The third kappa shape index (κ3) is 4.68. The Morgan fingerprint density at radius 1 is 1.16 bits per heavy atom. The van der Waals surface area contributed by atoms with Crippen LogP contribution in [-0.4, -0.2) is 61.9 Å². The summed E-state index contributed by atoms with van der Waals surface area (Å²) in [6, 6.07) is 0. The molecule has 0 aliphatic carbocycles. The minimum atomic E-state index is -3.32. The van der Waals surface area contributed by atoms with Crippen LogP contribution in [0.3, 0.4) is 0 Å². The second kappa shape index (κ2) is 7.14. The van der Waals surface area contributed by atoms with Crippen LogP contribution in [0, 0.1) is 0 Å². The fourth-order valence-electron chi connectivity index (χ4n) is 1.99. The molecule has 1 aliphatic heterocycles. The molecule has 0 N–H and O–H groups in total. The lowest BCUT2D eigenvalue weighted by Crippen LogP contribution is -2.52. The first-order chi connectivity index (χ1) is 8.88. The Morgan fingerprint density at radius 3 is 2.21 bits per heavy atom. The van der Waals surface area contributed by atoms with Gasteiger partial charge in [-0.2, -0.15) is 13.1 Å². The third-order valence-corrected chi connectivity index (χ3v) is 5.09. The molecule has 112 valence electrons. The highest BCUT2D eigenvalue weighted by Gasteiger charge is 2.31. The van der Waals surface area contributed by atoms with Gasteiger partial charge in [-0.3, -0.25) is 4.79 Å². The lowest BCUT2D eigenvalue weighted by molar-refractivity contribution is -0.144. The van der Waals surface area contributed by atoms with Gasteiger partial charge in [0.25, 0.3) is 5.91 Å². The zero-order chi connectivity index (χ0) is 14.5. The summed E-state index contributed by atoms with van der Waals surface area (Å²) in [6.45, 7) is 2.27. The van der Waals surface area contributed by atoms with E-state index in [1.807, 2.05) is 6.92 Å². The summed E-state index contributed by atoms with van der Waals surface area (Å²) < 4.78 is 49.6. The molecule has 0 bridgehead atoms. The van der Waals surface area contributed by atoms with Crippen LogP contribution in [0.4, 0.5) is 8.78 Å². The van der Waals surface area contributed by atoms with Crippen molar-refractivity contribution in [3.8, 4) is 0 Å². The quantitative estimate of drug-likeness (QED) is 0.685. The van der Waals surface area contributed by atoms with Gasteiger partial charge in [-0.15, -0.1) is 0 Å². The van der Waals surface area contributed by atoms with Crippen molar-refractivity contribution in [3.63, 3.8) is 0 Å². The van der Waals surface area contributed by atoms with E-state index in [2.05, 4.69) is 0 Å². The Kier molecular flexibility index (Phi) is 6.12. The predicted octanol–water partition coefficient (Wildman–Crippen LogP) is 0.916. The first-order valence-corrected chi connectivity index (χ1v) is 8.04. The van der Waals surface area contributed by atoms with Crippen molar-refractivity contribution >= 4 is 15.9 Å². The number of piperazine rings is 1. The number of hydrogen-bond acceptors (Lipinski definition) is 3. The van der Waals surface area contributed by atoms with Gasteiger partial charge in [0.1, 0.15) is 0 Å². The van der Waals surface area contributed by atoms with Crippen molar-refractivity contribution in [1.82, 2.24) is 9.21 Å². The van der Waals surface area contributed by atoms with Gasteiger partial charge in [0.2, 0.25) is 10.0 Å². The van der Waals surface area contributed by atoms with Crippen LogP contribution in [0.1, 0.15) is 26.2 Å². The van der Waals surface area contributed by atoms with Crippen LogP contribution < -0.4 is 0 Å². The average Bonchev–Trinajstić information content (AvgIpc) is 2.38. The number of halogens is 2. The molecule has 0 saturated carbocycles. The minimum absolute atomic E-state index is 0.0379. The van der Waals surface area contributed by atoms with Crippen LogP contribution >= 0.6 is 0 Å². The molecular formula is C11H20F2N2O3S. The van der Waals surface area contributed by atoms with Crippen molar-refractivity contribution in [2.75, 3.05) is 31.9 Å². The molecule has 0 radical (unpaired) electrons. The molecular weight excluding hydrogens is 278 g/mol. The largest absolute Gasteiger partial charge is 0.335 e. The summed E-state index contributed by atoms with van der Waals surface area (Å²) >= 11 is 0. The zero-order valence-electron chi connectivity index (χ0n) is 11.0. The van der Waals surface area contributed by atoms with E-state index < -0.39 is 22.4 Å². The van der Waals surface area contributed by atoms with Gasteiger partial charge in [-0.1, -0.05) is 19.8 Å². The van der Waals surface area contributed by atoms with Gasteiger partial charge in [0.15, 0.2) is 0 Å². The average molecular weight is 298 g/mol. The predicted molar refractivity (Wildman–Crippen MR) is 67.5 cm³/mol. The van der Waals surface area contributed by atoms with Crippen molar-refractivity contribution in [2.45, 2.75) is 32.6 Å². The van der Waals surface area contributed by atoms with Gasteiger partial charge < -0.3 is 4.90 Å². The SMILES string of the molecule is CCCCCS(=O)(=O)N1CCN(C(=O)C(F)F)CC1. The second-order valence-electron chi connectivity index (χ2n) is 4.55. The van der Waals surface area contributed by atoms with Crippen LogP contribution in [0.5, 0.6) is 0 Å². The number of sulfonamides is 1. The first-order valence-electron chi connectivity index (χ1n) is 6.43. The Morgan fingerprint density at radius 2 is 1.74 bits per heavy atom. The maximum atomic E-state index is 12.2. The van der Waals surface area contributed by atoms with Gasteiger partial charge in [-0.05, 0) is 6.42 Å². The van der Waals surface area contributed by atoms with Gasteiger partial charge in [0.05, 0.1) is 5.75 Å². The fraction of sp³-hybridized carbons (Fsp3) is 0.909. The highest BCUT2D eigenvalue weighted by atomic mass is 32.2. The standard InChI is InChI=1S/C11H20F2N2O3S/c1-2-3-4-9-19(17,18)15-7-5-14(6-8-15)11(16)10(12)13/h10H,2-9H2,1H3. The molecule has 1 rings (SSSR count). The third-order valence-electron chi connectivity index (χ3n) is 3.14. The number of unbranched alkanes of at least 4 members (excludes halogenated alkanes) is 2. The maximum absolute atomic E-state index is 12.2. The molecule has 1 fully saturated rings. The number of carbonyl (C=O) groups is 1. The normalized spacial score (nSPS) is 18.0. The highest BCUT2D eigenvalue weighted by Crippen LogP contribution is 2.12. The molecule has 1 heterocycles. The van der Waals surface area contributed by atoms with Gasteiger partial charge in [0, 0.05) is 26.2 Å². The van der Waals surface area contributed by atoms with Crippen molar-refractivity contribution in [1.29, 1.82) is 0 Å². The van der Waals surface area contributed by atoms with E-state index in [0.29, 0.717) is 6.42 Å². The lowest BCUT2D eigenvalue weighted by Gasteiger charge is -2.33. The van der Waals surface area contributed by atoms with Crippen molar-refractivity contribution in [2.24, 2.45) is 0 Å². The number of carbonyl (C=O) groups excluding carboxylic acids is 1. The van der Waals surface area contributed by atoms with E-state index >= 15 is 0 Å². The molecule has 1 saturated heterocycles. The molecule has 0 aromatic heterocycles. The van der Waals surface area contributed by atoms with Gasteiger partial charge in [-0.25, -0.2) is 8.42 Å². The summed E-state index contributed by atoms with van der Waals surface area (Å²) in [6.07, 6.45) is -0.628. The van der Waals surface area contributed by atoms with E-state index in [0.717, 1.165) is 17.7 Å². The van der Waals surface area contributed by atoms with E-state index in [1.54, 1.807) is 0 Å². The molecule has 0 aromatic carbocycles. The summed E-state index contributed by atoms with van der Waals surface area (Å²) in [5, 5.41) is 0. The monoisotopic (exact) mass is 298 g/mol. The van der Waals surface area contributed by atoms with E-state index in [4.69, 9.17) is 0 Å². The Labute approximate surface area is 112 Å². The molecule has 0 unspecified atom stereocenters. The lowest BCUT2D eigenvalue weighted by atomic mass is 10.3. The number of alkyl halides is 2. The van der Waals surface area contributed by atoms with Crippen molar-refractivity contribution < 1.29 is 22.0 Å². The molecule has 0 spiro atoms. The van der Waals surface area contributed by atoms with Gasteiger partial charge >= 0.3 is 6.43 Å². The molecule has 0 aromatic rings. The smallest absolute Gasteiger partial charge is 0.315 e. The topological polar surface area (TPSA) is 57.7 Å². The molecule has 1 aliphatic rings. The number of nitrogens with zero attached hydrogens (tertiary/aromatic N) is 2. The Hall–Kier alpha value is -0.760. The number of hydrogen-bond donors (Lipinski definition) is 0. The number of amides is 1. The maximum Gasteiger partial charge on any atom is 0.315 e. The number of rotatable bonds is 6. The molecule has 5 nitrogen and oxygen atoms in total. The van der Waals surface area contributed by atoms with Crippen LogP contribution in [-0.2, 0) is 14.8 Å². The Balaban J connectivity index is 2.47. The fourth-order valence-corrected chi connectivity index (χ4v) is 3.53. The highest BCUT2D eigenvalue weighted by molar-refractivity contribution is 7.89. The summed E-state index contributed by atoms with van der Waals surface area (Å²) in [7, 11) is -3.32. The van der Waals surface area contributed by atoms with E-state index in [1.165, 1.54) is 4.31 Å². The first kappa shape index (κ1) is 16.3. The van der Waals surface area contributed by atoms with Crippen molar-refractivity contribution in [3.05, 3.63) is 0 Å². The zero-order valence-corrected chi connectivity index (χ0v) is 11.8. The van der Waals surface area contributed by atoms with E-state index in [-0.39, 0.29) is 31.9 Å². The molecule has 1 amide bonds. The minimum Gasteiger partial charge on any atom is -0.335 e. The van der Waals surface area contributed by atoms with E-state index in [9.17, 15) is 22.0 Å². The molecule has 8 heteroatoms. The molecule has 0 atom stereocenters. The van der Waals surface area contributed by atoms with Crippen LogP contribution in [0.15, 0.2) is 0 Å². The molecule has 19 heavy (non-hydrogen) atoms. The summed E-state index contributed by atoms with van der Waals surface area (Å²) in [5.74, 6) is -1.13. The van der Waals surface area contributed by atoms with Crippen LogP contribution in [0.2, 0.25) is 0 Å². The van der Waals surface area contributed by atoms with Crippen LogP contribution in [0.25, 0.3) is 0 Å².